The molecule has 5 heteroatoms. The molecule has 5 nitrogen and oxygen atoms in total. The largest absolute Gasteiger partial charge is 0.353 e. The summed E-state index contributed by atoms with van der Waals surface area (Å²) in [6, 6.07) is 0.265. The van der Waals surface area contributed by atoms with E-state index in [2.05, 4.69) is 65.3 Å². The second-order valence-corrected chi connectivity index (χ2v) is 16.0. The van der Waals surface area contributed by atoms with Crippen LogP contribution < -0.4 is 10.8 Å². The molecule has 5 aliphatic carbocycles. The lowest BCUT2D eigenvalue weighted by molar-refractivity contribution is -0.187. The third-order valence-electron chi connectivity index (χ3n) is 14.0. The Kier molecular flexibility index (Phi) is 6.54. The molecule has 214 valence electrons. The maximum atomic E-state index is 13.1. The molecular formula is C33H54N2O3. The van der Waals surface area contributed by atoms with E-state index in [0.29, 0.717) is 17.8 Å². The van der Waals surface area contributed by atoms with Gasteiger partial charge in [0, 0.05) is 18.4 Å². The van der Waals surface area contributed by atoms with E-state index < -0.39 is 0 Å². The summed E-state index contributed by atoms with van der Waals surface area (Å²) in [4.78, 5) is 30.2. The van der Waals surface area contributed by atoms with Crippen LogP contribution in [-0.2, 0) is 14.4 Å². The van der Waals surface area contributed by atoms with Crippen molar-refractivity contribution in [2.75, 3.05) is 7.11 Å². The van der Waals surface area contributed by atoms with Gasteiger partial charge in [-0.1, -0.05) is 60.1 Å². The van der Waals surface area contributed by atoms with Gasteiger partial charge in [0.25, 0.3) is 0 Å². The van der Waals surface area contributed by atoms with Crippen molar-refractivity contribution < 1.29 is 14.4 Å². The number of carbonyl (C=O) groups is 2. The summed E-state index contributed by atoms with van der Waals surface area (Å²) in [5.74, 6) is 1.87. The maximum absolute atomic E-state index is 13.1. The van der Waals surface area contributed by atoms with Crippen LogP contribution in [0, 0.1) is 50.2 Å². The molecule has 0 aliphatic heterocycles. The number of hydroxylamine groups is 1. The summed E-state index contributed by atoms with van der Waals surface area (Å²) >= 11 is 0. The number of amides is 2. The Balaban J connectivity index is 1.51. The minimum Gasteiger partial charge on any atom is -0.353 e. The standard InChI is InChI=1S/C33H54N2O3/c1-21(36)34-26-13-14-31(6)24(28(26,2)3)12-15-33(8)25(31)11-10-22-23-20-30(5,27(37)35-38-9)17-16-29(23,4)18-19-32(22,33)7/h10,23-26H,11-20H2,1-9H3,(H,34,36)(H,35,37)/t23-,24?,25+,26-,29+,30-,31-,32+,33+/m0/s1. The first-order valence-electron chi connectivity index (χ1n) is 15.4. The Morgan fingerprint density at radius 1 is 0.895 bits per heavy atom. The summed E-state index contributed by atoms with van der Waals surface area (Å²) in [5.41, 5.74) is 5.03. The van der Waals surface area contributed by atoms with Crippen molar-refractivity contribution >= 4 is 11.8 Å². The smallest absolute Gasteiger partial charge is 0.249 e. The van der Waals surface area contributed by atoms with Crippen molar-refractivity contribution in [1.82, 2.24) is 10.8 Å². The van der Waals surface area contributed by atoms with Gasteiger partial charge >= 0.3 is 0 Å². The van der Waals surface area contributed by atoms with E-state index in [0.717, 1.165) is 32.1 Å². The molecule has 2 amide bonds. The van der Waals surface area contributed by atoms with Gasteiger partial charge in [-0.15, -0.1) is 0 Å². The number of nitrogens with one attached hydrogen (secondary N) is 2. The number of carbonyl (C=O) groups excluding carboxylic acids is 2. The predicted molar refractivity (Wildman–Crippen MR) is 152 cm³/mol. The molecule has 0 bridgehead atoms. The summed E-state index contributed by atoms with van der Waals surface area (Å²) in [6.07, 6.45) is 14.1. The Morgan fingerprint density at radius 2 is 1.58 bits per heavy atom. The fourth-order valence-electron chi connectivity index (χ4n) is 11.3. The van der Waals surface area contributed by atoms with Gasteiger partial charge in [0.15, 0.2) is 0 Å². The monoisotopic (exact) mass is 526 g/mol. The average Bonchev–Trinajstić information content (AvgIpc) is 2.82. The first kappa shape index (κ1) is 28.2. The van der Waals surface area contributed by atoms with Gasteiger partial charge in [-0.3, -0.25) is 14.4 Å². The van der Waals surface area contributed by atoms with E-state index in [4.69, 9.17) is 4.84 Å². The summed E-state index contributed by atoms with van der Waals surface area (Å²) < 4.78 is 0. The van der Waals surface area contributed by atoms with Gasteiger partial charge in [0.1, 0.15) is 0 Å². The van der Waals surface area contributed by atoms with Gasteiger partial charge < -0.3 is 5.32 Å². The van der Waals surface area contributed by atoms with Crippen molar-refractivity contribution in [3.05, 3.63) is 11.6 Å². The van der Waals surface area contributed by atoms with E-state index in [1.165, 1.54) is 32.1 Å². The van der Waals surface area contributed by atoms with E-state index in [-0.39, 0.29) is 50.3 Å². The van der Waals surface area contributed by atoms with Crippen molar-refractivity contribution in [2.24, 2.45) is 50.2 Å². The lowest BCUT2D eigenvalue weighted by Gasteiger charge is -2.71. The zero-order valence-electron chi connectivity index (χ0n) is 25.7. The number of allylic oxidation sites excluding steroid dienone is 2. The van der Waals surface area contributed by atoms with Crippen LogP contribution in [0.5, 0.6) is 0 Å². The summed E-state index contributed by atoms with van der Waals surface area (Å²) in [5, 5.41) is 3.33. The molecule has 5 rings (SSSR count). The summed E-state index contributed by atoms with van der Waals surface area (Å²) in [6.45, 7) is 19.0. The van der Waals surface area contributed by atoms with Crippen LogP contribution in [0.1, 0.15) is 120 Å². The lowest BCUT2D eigenvalue weighted by atomic mass is 9.33. The lowest BCUT2D eigenvalue weighted by Crippen LogP contribution is -2.66. The molecule has 0 aromatic carbocycles. The second kappa shape index (κ2) is 8.82. The van der Waals surface area contributed by atoms with Crippen LogP contribution in [0.4, 0.5) is 0 Å². The third kappa shape index (κ3) is 3.72. The van der Waals surface area contributed by atoms with Crippen LogP contribution >= 0.6 is 0 Å². The Hall–Kier alpha value is -1.36. The number of fused-ring (bicyclic) bond motifs is 7. The van der Waals surface area contributed by atoms with Crippen LogP contribution in [0.15, 0.2) is 11.6 Å². The van der Waals surface area contributed by atoms with E-state index in [1.54, 1.807) is 19.6 Å². The summed E-state index contributed by atoms with van der Waals surface area (Å²) in [7, 11) is 1.54. The molecule has 4 saturated carbocycles. The van der Waals surface area contributed by atoms with E-state index in [1.807, 2.05) is 0 Å². The minimum atomic E-state index is -0.382. The molecule has 5 aliphatic rings. The quantitative estimate of drug-likeness (QED) is 0.308. The maximum Gasteiger partial charge on any atom is 0.249 e. The molecule has 1 unspecified atom stereocenters. The molecule has 0 aromatic heterocycles. The average molecular weight is 527 g/mol. The van der Waals surface area contributed by atoms with E-state index >= 15 is 0 Å². The van der Waals surface area contributed by atoms with Gasteiger partial charge in [-0.25, -0.2) is 5.48 Å². The molecule has 38 heavy (non-hydrogen) atoms. The third-order valence-corrected chi connectivity index (χ3v) is 14.0. The highest BCUT2D eigenvalue weighted by molar-refractivity contribution is 5.81. The van der Waals surface area contributed by atoms with Crippen molar-refractivity contribution in [2.45, 2.75) is 126 Å². The van der Waals surface area contributed by atoms with Crippen LogP contribution in [0.3, 0.4) is 0 Å². The van der Waals surface area contributed by atoms with Gasteiger partial charge in [-0.2, -0.15) is 0 Å². The molecule has 0 aromatic rings. The number of hydrogen-bond donors (Lipinski definition) is 2. The molecule has 0 spiro atoms. The molecule has 9 atom stereocenters. The van der Waals surface area contributed by atoms with Gasteiger partial charge in [0.05, 0.1) is 7.11 Å². The Labute approximate surface area is 231 Å². The first-order valence-corrected chi connectivity index (χ1v) is 15.4. The molecule has 0 saturated heterocycles. The van der Waals surface area contributed by atoms with E-state index in [9.17, 15) is 9.59 Å². The Bertz CT molecular complexity index is 1040. The molecular weight excluding hydrogens is 472 g/mol. The van der Waals surface area contributed by atoms with Crippen LogP contribution in [0.25, 0.3) is 0 Å². The predicted octanol–water partition coefficient (Wildman–Crippen LogP) is 6.97. The van der Waals surface area contributed by atoms with Crippen LogP contribution in [-0.4, -0.2) is 25.0 Å². The zero-order chi connectivity index (χ0) is 27.9. The van der Waals surface area contributed by atoms with Crippen molar-refractivity contribution in [3.63, 3.8) is 0 Å². The number of rotatable bonds is 3. The molecule has 4 fully saturated rings. The first-order chi connectivity index (χ1) is 17.6. The topological polar surface area (TPSA) is 67.4 Å². The Morgan fingerprint density at radius 3 is 2.24 bits per heavy atom. The van der Waals surface area contributed by atoms with Gasteiger partial charge in [-0.05, 0) is 109 Å². The van der Waals surface area contributed by atoms with Crippen LogP contribution in [0.2, 0.25) is 0 Å². The van der Waals surface area contributed by atoms with Gasteiger partial charge in [0.2, 0.25) is 11.8 Å². The SMILES string of the molecule is CONC(=O)[C@@]1(C)CC[C@]2(C)CC[C@]3(C)C(=CC[C@@H]4[C@@]5(C)CC[C@H](NC(C)=O)C(C)(C)C5CC[C@]43C)[C@@H]2C1. The highest BCUT2D eigenvalue weighted by atomic mass is 16.6. The molecule has 2 N–H and O–H groups in total. The highest BCUT2D eigenvalue weighted by Crippen LogP contribution is 2.75. The number of hydrogen-bond acceptors (Lipinski definition) is 3. The highest BCUT2D eigenvalue weighted by Gasteiger charge is 2.68. The normalized spacial score (nSPS) is 49.3. The fraction of sp³-hybridized carbons (Fsp3) is 0.879. The van der Waals surface area contributed by atoms with Crippen molar-refractivity contribution in [3.8, 4) is 0 Å². The molecule has 0 heterocycles. The second-order valence-electron chi connectivity index (χ2n) is 16.0. The molecule has 0 radical (unpaired) electrons. The van der Waals surface area contributed by atoms with Crippen molar-refractivity contribution in [1.29, 1.82) is 0 Å². The minimum absolute atomic E-state index is 0.0426. The fourth-order valence-corrected chi connectivity index (χ4v) is 11.3. The zero-order valence-corrected chi connectivity index (χ0v) is 25.7.